The van der Waals surface area contributed by atoms with E-state index in [9.17, 15) is 4.79 Å². The van der Waals surface area contributed by atoms with Crippen LogP contribution < -0.4 is 0 Å². The highest BCUT2D eigenvalue weighted by Gasteiger charge is 2.62. The van der Waals surface area contributed by atoms with Gasteiger partial charge in [0.15, 0.2) is 0 Å². The van der Waals surface area contributed by atoms with Crippen molar-refractivity contribution in [1.29, 1.82) is 0 Å². The first-order valence-electron chi connectivity index (χ1n) is 7.88. The van der Waals surface area contributed by atoms with Crippen LogP contribution in [0.25, 0.3) is 5.57 Å². The van der Waals surface area contributed by atoms with E-state index in [0.29, 0.717) is 17.4 Å². The first-order valence-corrected chi connectivity index (χ1v) is 7.88. The summed E-state index contributed by atoms with van der Waals surface area (Å²) in [6.45, 7) is 2.94. The van der Waals surface area contributed by atoms with Gasteiger partial charge in [-0.05, 0) is 24.0 Å². The van der Waals surface area contributed by atoms with E-state index in [4.69, 9.17) is 9.47 Å². The van der Waals surface area contributed by atoms with Gasteiger partial charge >= 0.3 is 5.97 Å². The summed E-state index contributed by atoms with van der Waals surface area (Å²) in [6, 6.07) is 9.74. The van der Waals surface area contributed by atoms with Crippen LogP contribution in [-0.2, 0) is 14.3 Å². The Labute approximate surface area is 131 Å². The summed E-state index contributed by atoms with van der Waals surface area (Å²) in [6.07, 6.45) is 8.36. The molecule has 3 rings (SSSR count). The third kappa shape index (κ3) is 2.45. The topological polar surface area (TPSA) is 35.5 Å². The molecule has 1 fully saturated rings. The molecule has 3 atom stereocenters. The Kier molecular flexibility index (Phi) is 4.06. The van der Waals surface area contributed by atoms with Crippen molar-refractivity contribution < 1.29 is 14.3 Å². The summed E-state index contributed by atoms with van der Waals surface area (Å²) in [5, 5.41) is 0. The lowest BCUT2D eigenvalue weighted by Gasteiger charge is -2.15. The maximum Gasteiger partial charge on any atom is 0.338 e. The summed E-state index contributed by atoms with van der Waals surface area (Å²) in [7, 11) is 1.43. The highest BCUT2D eigenvalue weighted by Crippen LogP contribution is 2.65. The molecule has 1 saturated carbocycles. The zero-order valence-electron chi connectivity index (χ0n) is 13.1. The minimum Gasteiger partial charge on any atom is -0.501 e. The van der Waals surface area contributed by atoms with Crippen LogP contribution in [0, 0.1) is 17.3 Å². The summed E-state index contributed by atoms with van der Waals surface area (Å²) in [4.78, 5) is 12.2. The summed E-state index contributed by atoms with van der Waals surface area (Å²) in [5.41, 5.74) is 1.74. The molecule has 0 unspecified atom stereocenters. The molecule has 1 aliphatic carbocycles. The van der Waals surface area contributed by atoms with Crippen molar-refractivity contribution in [3.8, 4) is 0 Å². The van der Waals surface area contributed by atoms with Crippen molar-refractivity contribution >= 4 is 11.5 Å². The number of benzene rings is 1. The summed E-state index contributed by atoms with van der Waals surface area (Å²) < 4.78 is 10.5. The van der Waals surface area contributed by atoms with Crippen molar-refractivity contribution in [3.05, 3.63) is 54.3 Å². The Morgan fingerprint density at radius 1 is 1.41 bits per heavy atom. The zero-order valence-corrected chi connectivity index (χ0v) is 13.1. The van der Waals surface area contributed by atoms with Gasteiger partial charge in [-0.2, -0.15) is 0 Å². The van der Waals surface area contributed by atoms with E-state index in [0.717, 1.165) is 25.0 Å². The number of allylic oxidation sites excluding steroid dienone is 2. The quantitative estimate of drug-likeness (QED) is 0.612. The first kappa shape index (κ1) is 14.9. The van der Waals surface area contributed by atoms with E-state index in [2.05, 4.69) is 19.1 Å². The van der Waals surface area contributed by atoms with E-state index in [1.165, 1.54) is 7.11 Å². The SMILES string of the molecule is CCC[C@@]12C=COC[C@@H]1[C@H]2/C=C(/C(=O)OC)c1ccccc1. The van der Waals surface area contributed by atoms with E-state index in [1.807, 2.05) is 36.6 Å². The molecule has 1 aromatic rings. The number of esters is 1. The van der Waals surface area contributed by atoms with Crippen LogP contribution in [0.4, 0.5) is 0 Å². The van der Waals surface area contributed by atoms with E-state index in [-0.39, 0.29) is 11.4 Å². The molecule has 0 saturated heterocycles. The minimum absolute atomic E-state index is 0.168. The Morgan fingerprint density at radius 2 is 2.18 bits per heavy atom. The van der Waals surface area contributed by atoms with Gasteiger partial charge in [0.2, 0.25) is 0 Å². The molecule has 116 valence electrons. The number of carbonyl (C=O) groups excluding carboxylic acids is 1. The number of ether oxygens (including phenoxy) is 2. The molecule has 3 heteroatoms. The predicted octanol–water partition coefficient (Wildman–Crippen LogP) is 3.82. The van der Waals surface area contributed by atoms with Crippen LogP contribution in [0.2, 0.25) is 0 Å². The highest BCUT2D eigenvalue weighted by molar-refractivity contribution is 6.16. The number of fused-ring (bicyclic) bond motifs is 1. The lowest BCUT2D eigenvalue weighted by atomic mass is 9.94. The fraction of sp³-hybridized carbons (Fsp3) is 0.421. The second-order valence-corrected chi connectivity index (χ2v) is 6.07. The molecule has 1 aromatic carbocycles. The van der Waals surface area contributed by atoms with Crippen LogP contribution in [0.5, 0.6) is 0 Å². The van der Waals surface area contributed by atoms with Crippen LogP contribution in [-0.4, -0.2) is 19.7 Å². The number of hydrogen-bond donors (Lipinski definition) is 0. The Balaban J connectivity index is 1.94. The average molecular weight is 298 g/mol. The van der Waals surface area contributed by atoms with E-state index in [1.54, 1.807) is 0 Å². The zero-order chi connectivity index (χ0) is 15.6. The van der Waals surface area contributed by atoms with Crippen molar-refractivity contribution in [1.82, 2.24) is 0 Å². The lowest BCUT2D eigenvalue weighted by molar-refractivity contribution is -0.133. The fourth-order valence-corrected chi connectivity index (χ4v) is 3.73. The average Bonchev–Trinajstić information content (AvgIpc) is 3.20. The van der Waals surface area contributed by atoms with Crippen LogP contribution in [0.1, 0.15) is 25.3 Å². The van der Waals surface area contributed by atoms with Crippen LogP contribution >= 0.6 is 0 Å². The molecule has 0 spiro atoms. The maximum atomic E-state index is 12.2. The van der Waals surface area contributed by atoms with Gasteiger partial charge in [-0.15, -0.1) is 0 Å². The molecule has 0 radical (unpaired) electrons. The van der Waals surface area contributed by atoms with Gasteiger partial charge in [0.25, 0.3) is 0 Å². The standard InChI is InChI=1S/C19H22O3/c1-3-9-19-10-11-22-13-17(19)16(19)12-15(18(20)21-2)14-7-5-4-6-8-14/h4-8,10-12,16-17H,3,9,13H2,1-2H3/b15-12+/t16-,17-,19+/m1/s1. The minimum atomic E-state index is -0.272. The maximum absolute atomic E-state index is 12.2. The molecular formula is C19H22O3. The van der Waals surface area contributed by atoms with Gasteiger partial charge in [-0.1, -0.05) is 49.8 Å². The van der Waals surface area contributed by atoms with Crippen LogP contribution in [0.15, 0.2) is 48.7 Å². The summed E-state index contributed by atoms with van der Waals surface area (Å²) in [5.74, 6) is 0.549. The molecule has 0 bridgehead atoms. The number of hydrogen-bond acceptors (Lipinski definition) is 3. The van der Waals surface area contributed by atoms with Crippen molar-refractivity contribution in [2.45, 2.75) is 19.8 Å². The molecule has 1 aliphatic heterocycles. The third-order valence-electron chi connectivity index (χ3n) is 4.91. The number of carbonyl (C=O) groups is 1. The van der Waals surface area contributed by atoms with E-state index < -0.39 is 0 Å². The lowest BCUT2D eigenvalue weighted by Crippen LogP contribution is -2.08. The molecular weight excluding hydrogens is 276 g/mol. The Morgan fingerprint density at radius 3 is 2.86 bits per heavy atom. The van der Waals surface area contributed by atoms with Gasteiger partial charge in [0.1, 0.15) is 0 Å². The Bertz CT molecular complexity index is 602. The normalized spacial score (nSPS) is 29.5. The monoisotopic (exact) mass is 298 g/mol. The van der Waals surface area contributed by atoms with Crippen LogP contribution in [0.3, 0.4) is 0 Å². The molecule has 1 heterocycles. The molecule has 0 amide bonds. The van der Waals surface area contributed by atoms with E-state index >= 15 is 0 Å². The van der Waals surface area contributed by atoms with Crippen molar-refractivity contribution in [2.24, 2.45) is 17.3 Å². The van der Waals surface area contributed by atoms with Crippen molar-refractivity contribution in [3.63, 3.8) is 0 Å². The largest absolute Gasteiger partial charge is 0.501 e. The van der Waals surface area contributed by atoms with Gasteiger partial charge in [0, 0.05) is 11.3 Å². The van der Waals surface area contributed by atoms with Gasteiger partial charge < -0.3 is 9.47 Å². The number of methoxy groups -OCH3 is 1. The summed E-state index contributed by atoms with van der Waals surface area (Å²) >= 11 is 0. The molecule has 0 N–H and O–H groups in total. The van der Waals surface area contributed by atoms with Crippen molar-refractivity contribution in [2.75, 3.05) is 13.7 Å². The second kappa shape index (κ2) is 5.99. The molecule has 2 aliphatic rings. The smallest absolute Gasteiger partial charge is 0.338 e. The Hall–Kier alpha value is -2.03. The molecule has 3 nitrogen and oxygen atoms in total. The van der Waals surface area contributed by atoms with Gasteiger partial charge in [-0.25, -0.2) is 4.79 Å². The fourth-order valence-electron chi connectivity index (χ4n) is 3.73. The second-order valence-electron chi connectivity index (χ2n) is 6.07. The third-order valence-corrected chi connectivity index (χ3v) is 4.91. The highest BCUT2D eigenvalue weighted by atomic mass is 16.5. The molecule has 22 heavy (non-hydrogen) atoms. The van der Waals surface area contributed by atoms with Gasteiger partial charge in [-0.3, -0.25) is 0 Å². The molecule has 0 aromatic heterocycles. The van der Waals surface area contributed by atoms with Gasteiger partial charge in [0.05, 0.1) is 25.6 Å². The number of rotatable bonds is 5. The first-order chi connectivity index (χ1) is 10.7. The predicted molar refractivity (Wildman–Crippen MR) is 85.8 cm³/mol.